The van der Waals surface area contributed by atoms with E-state index < -0.39 is 142 Å². The summed E-state index contributed by atoms with van der Waals surface area (Å²) in [5, 5.41) is 27.4. The van der Waals surface area contributed by atoms with Crippen molar-refractivity contribution in [2.24, 2.45) is 28.1 Å². The van der Waals surface area contributed by atoms with E-state index in [9.17, 15) is 39.0 Å². The zero-order valence-corrected chi connectivity index (χ0v) is 31.5. The van der Waals surface area contributed by atoms with E-state index in [4.69, 9.17) is 47.0 Å². The molecule has 4 bridgehead atoms. The van der Waals surface area contributed by atoms with Crippen LogP contribution in [-0.2, 0) is 71.4 Å². The number of ether oxygens (including phenoxy) is 9. The standard InChI is InChI=1S/C37H44O18/c1-16(38)48-15-33-21(11-23(42)46-8)30(5)14-34(33)35(45,28(30)50-18(3)40)29(51-19(4)41)36-22-12-24(43)52-26(20-9-10-47-13-20)31(22,6)27(49-17(2)39)25(44)37(33,36)55-32(7,53-34)54-36/h9-10,13,21-22,25-29,44-45H,11-12,14-15H2,1-8H3/t21-,22+,25+,26-,27-,28-,29+,30+,31+,32+,33+,34+,35-,36+,37-/m0/s1. The molecule has 300 valence electrons. The molecule has 3 aliphatic heterocycles. The summed E-state index contributed by atoms with van der Waals surface area (Å²) in [4.78, 5) is 80.2. The van der Waals surface area contributed by atoms with Crippen molar-refractivity contribution in [3.05, 3.63) is 24.2 Å². The molecule has 0 aromatic carbocycles. The Labute approximate surface area is 314 Å². The van der Waals surface area contributed by atoms with Crippen molar-refractivity contribution >= 4 is 35.8 Å². The highest BCUT2D eigenvalue weighted by Gasteiger charge is 3.07. The van der Waals surface area contributed by atoms with Crippen molar-refractivity contribution in [1.29, 1.82) is 0 Å². The summed E-state index contributed by atoms with van der Waals surface area (Å²) in [5.74, 6) is -9.92. The second-order valence-electron chi connectivity index (χ2n) is 16.6. The predicted octanol–water partition coefficient (Wildman–Crippen LogP) is 0.924. The van der Waals surface area contributed by atoms with E-state index in [1.165, 1.54) is 25.5 Å². The summed E-state index contributed by atoms with van der Waals surface area (Å²) < 4.78 is 61.6. The van der Waals surface area contributed by atoms with Gasteiger partial charge in [0.05, 0.1) is 36.9 Å². The molecule has 55 heavy (non-hydrogen) atoms. The van der Waals surface area contributed by atoms with Gasteiger partial charge in [0.1, 0.15) is 42.2 Å². The average Bonchev–Trinajstić information content (AvgIpc) is 3.79. The molecular weight excluding hydrogens is 732 g/mol. The van der Waals surface area contributed by atoms with Crippen LogP contribution < -0.4 is 0 Å². The number of hydrogen-bond donors (Lipinski definition) is 2. The average molecular weight is 777 g/mol. The smallest absolute Gasteiger partial charge is 0.306 e. The third-order valence-electron chi connectivity index (χ3n) is 14.1. The van der Waals surface area contributed by atoms with Crippen molar-refractivity contribution in [3.63, 3.8) is 0 Å². The molecule has 18 heteroatoms. The van der Waals surface area contributed by atoms with Gasteiger partial charge in [0, 0.05) is 57.9 Å². The molecule has 2 N–H and O–H groups in total. The first-order valence-corrected chi connectivity index (χ1v) is 18.1. The summed E-state index contributed by atoms with van der Waals surface area (Å²) in [7, 11) is 1.16. The maximum atomic E-state index is 14.0. The summed E-state index contributed by atoms with van der Waals surface area (Å²) >= 11 is 0. The van der Waals surface area contributed by atoms with E-state index in [0.717, 1.165) is 34.8 Å². The first kappa shape index (κ1) is 37.8. The zero-order chi connectivity index (χ0) is 40.1. The molecular formula is C37H44O18. The number of esters is 6. The molecule has 4 aliphatic carbocycles. The summed E-state index contributed by atoms with van der Waals surface area (Å²) in [6.45, 7) is 8.28. The highest BCUT2D eigenvalue weighted by molar-refractivity contribution is 5.75. The Morgan fingerprint density at radius 1 is 0.909 bits per heavy atom. The lowest BCUT2D eigenvalue weighted by molar-refractivity contribution is -0.497. The quantitative estimate of drug-likeness (QED) is 0.276. The van der Waals surface area contributed by atoms with E-state index in [2.05, 4.69) is 0 Å². The minimum absolute atomic E-state index is 0.262. The second-order valence-corrected chi connectivity index (χ2v) is 16.6. The monoisotopic (exact) mass is 776 g/mol. The summed E-state index contributed by atoms with van der Waals surface area (Å²) in [5.41, 5.74) is -14.8. The largest absolute Gasteiger partial charge is 0.472 e. The number of carbonyl (C=O) groups is 6. The Balaban J connectivity index is 1.56. The number of furan rings is 1. The lowest BCUT2D eigenvalue weighted by atomic mass is 9.32. The minimum atomic E-state index is -2.64. The maximum Gasteiger partial charge on any atom is 0.306 e. The Hall–Kier alpha value is -4.10. The SMILES string of the molecule is COC(=O)C[C@H]1[C@@]2(C)C[C@@]34O[C@]5(C)O[C@]6([C@@H]7CC(=O)O[C@@H](c8ccoc8)[C@]7(C)[C@@H](OC(C)=O)[C@@H](O)[C@]6(O5)[C@]13COC(C)=O)[C@H](OC(C)=O)[C@@]4(O)[C@H]2OC(C)=O. The third kappa shape index (κ3) is 4.01. The maximum absolute atomic E-state index is 14.0. The van der Waals surface area contributed by atoms with Crippen LogP contribution in [0.2, 0.25) is 0 Å². The van der Waals surface area contributed by atoms with Gasteiger partial charge in [-0.05, 0) is 18.4 Å². The van der Waals surface area contributed by atoms with Crippen molar-refractivity contribution in [2.45, 2.75) is 127 Å². The van der Waals surface area contributed by atoms with Gasteiger partial charge in [0.25, 0.3) is 5.97 Å². The number of hydrogen-bond acceptors (Lipinski definition) is 18. The molecule has 1 aromatic rings. The topological polar surface area (TPSA) is 239 Å². The second kappa shape index (κ2) is 11.3. The Kier molecular flexibility index (Phi) is 7.75. The van der Waals surface area contributed by atoms with Gasteiger partial charge in [-0.25, -0.2) is 0 Å². The van der Waals surface area contributed by atoms with Gasteiger partial charge in [-0.3, -0.25) is 28.8 Å². The number of methoxy groups -OCH3 is 1. The van der Waals surface area contributed by atoms with Crippen molar-refractivity contribution in [3.8, 4) is 0 Å². The lowest BCUT2D eigenvalue weighted by Gasteiger charge is -2.78. The number of aliphatic hydroxyl groups excluding tert-OH is 1. The van der Waals surface area contributed by atoms with Gasteiger partial charge >= 0.3 is 35.8 Å². The highest BCUT2D eigenvalue weighted by Crippen LogP contribution is 2.90. The van der Waals surface area contributed by atoms with Crippen LogP contribution in [0.5, 0.6) is 0 Å². The normalized spacial score (nSPS) is 49.3. The number of rotatable bonds is 8. The van der Waals surface area contributed by atoms with Crippen LogP contribution in [0.3, 0.4) is 0 Å². The first-order valence-electron chi connectivity index (χ1n) is 18.1. The van der Waals surface area contributed by atoms with Crippen molar-refractivity contribution in [2.75, 3.05) is 13.7 Å². The van der Waals surface area contributed by atoms with E-state index in [1.54, 1.807) is 13.8 Å². The zero-order valence-electron chi connectivity index (χ0n) is 31.5. The third-order valence-corrected chi connectivity index (χ3v) is 14.1. The minimum Gasteiger partial charge on any atom is -0.472 e. The van der Waals surface area contributed by atoms with Crippen LogP contribution in [-0.4, -0.2) is 113 Å². The van der Waals surface area contributed by atoms with Crippen molar-refractivity contribution in [1.82, 2.24) is 0 Å². The molecule has 3 saturated heterocycles. The lowest BCUT2D eigenvalue weighted by Crippen LogP contribution is -2.98. The van der Waals surface area contributed by atoms with Gasteiger partial charge in [-0.1, -0.05) is 13.8 Å². The van der Waals surface area contributed by atoms with E-state index in [1.807, 2.05) is 0 Å². The fourth-order valence-electron chi connectivity index (χ4n) is 13.0. The number of aliphatic hydroxyl groups is 2. The molecule has 0 amide bonds. The van der Waals surface area contributed by atoms with Crippen LogP contribution in [0.25, 0.3) is 0 Å². The van der Waals surface area contributed by atoms with Crippen LogP contribution in [0.1, 0.15) is 79.4 Å². The van der Waals surface area contributed by atoms with Gasteiger partial charge in [0.2, 0.25) is 0 Å². The Morgan fingerprint density at radius 2 is 1.56 bits per heavy atom. The van der Waals surface area contributed by atoms with Gasteiger partial charge in [-0.2, -0.15) is 0 Å². The molecule has 7 fully saturated rings. The fraction of sp³-hybridized carbons (Fsp3) is 0.730. The summed E-state index contributed by atoms with van der Waals surface area (Å²) in [6.07, 6.45) is -7.38. The molecule has 4 saturated carbocycles. The molecule has 2 spiro atoms. The number of cyclic esters (lactones) is 1. The molecule has 0 unspecified atom stereocenters. The molecule has 8 rings (SSSR count). The molecule has 1 aromatic heterocycles. The van der Waals surface area contributed by atoms with Crippen LogP contribution in [0.15, 0.2) is 23.0 Å². The van der Waals surface area contributed by atoms with E-state index in [-0.39, 0.29) is 6.42 Å². The van der Waals surface area contributed by atoms with Gasteiger partial charge < -0.3 is 57.3 Å². The molecule has 4 heterocycles. The van der Waals surface area contributed by atoms with E-state index in [0.29, 0.717) is 5.56 Å². The predicted molar refractivity (Wildman–Crippen MR) is 173 cm³/mol. The van der Waals surface area contributed by atoms with Gasteiger partial charge in [0.15, 0.2) is 17.3 Å². The summed E-state index contributed by atoms with van der Waals surface area (Å²) in [6, 6.07) is 1.52. The molecule has 18 nitrogen and oxygen atoms in total. The molecule has 15 atom stereocenters. The number of carbonyl (C=O) groups excluding carboxylic acids is 6. The van der Waals surface area contributed by atoms with Crippen LogP contribution in [0, 0.1) is 28.1 Å². The Bertz CT molecular complexity index is 1900. The van der Waals surface area contributed by atoms with Crippen LogP contribution >= 0.6 is 0 Å². The highest BCUT2D eigenvalue weighted by atomic mass is 16.9. The first-order chi connectivity index (χ1) is 25.6. The molecule has 7 aliphatic rings. The number of fused-ring (bicyclic) bond motifs is 3. The van der Waals surface area contributed by atoms with Crippen molar-refractivity contribution < 1.29 is 86.0 Å². The van der Waals surface area contributed by atoms with E-state index >= 15 is 0 Å². The van der Waals surface area contributed by atoms with Crippen LogP contribution in [0.4, 0.5) is 0 Å². The fourth-order valence-corrected chi connectivity index (χ4v) is 13.0. The molecule has 0 radical (unpaired) electrons. The Morgan fingerprint density at radius 3 is 2.15 bits per heavy atom. The van der Waals surface area contributed by atoms with Gasteiger partial charge in [-0.15, -0.1) is 0 Å².